The van der Waals surface area contributed by atoms with Gasteiger partial charge in [-0.25, -0.2) is 4.79 Å². The number of carbonyl (C=O) groups excluding carboxylic acids is 1. The van der Waals surface area contributed by atoms with Crippen molar-refractivity contribution < 1.29 is 28.9 Å². The summed E-state index contributed by atoms with van der Waals surface area (Å²) in [5, 5.41) is 11.6. The first-order chi connectivity index (χ1) is 14.0. The van der Waals surface area contributed by atoms with E-state index in [2.05, 4.69) is 5.32 Å². The van der Waals surface area contributed by atoms with E-state index in [-0.39, 0.29) is 18.1 Å². The molecule has 2 N–H and O–H groups in total. The first-order valence-electron chi connectivity index (χ1n) is 9.61. The van der Waals surface area contributed by atoms with Gasteiger partial charge in [-0.1, -0.05) is 18.2 Å². The van der Waals surface area contributed by atoms with Gasteiger partial charge in [-0.2, -0.15) is 0 Å². The van der Waals surface area contributed by atoms with E-state index in [1.807, 2.05) is 13.0 Å². The van der Waals surface area contributed by atoms with E-state index in [0.717, 1.165) is 25.0 Å². The maximum absolute atomic E-state index is 12.6. The van der Waals surface area contributed by atoms with Gasteiger partial charge in [0.15, 0.2) is 6.61 Å². The Morgan fingerprint density at radius 1 is 1.17 bits per heavy atom. The Hall–Kier alpha value is -3.06. The molecule has 3 rings (SSSR count). The fourth-order valence-corrected chi connectivity index (χ4v) is 3.05. The minimum absolute atomic E-state index is 0.120. The molecule has 0 bridgehead atoms. The summed E-state index contributed by atoms with van der Waals surface area (Å²) in [5.41, 5.74) is 1.40. The molecule has 1 saturated heterocycles. The number of amides is 1. The van der Waals surface area contributed by atoms with Gasteiger partial charge in [0.1, 0.15) is 18.1 Å². The van der Waals surface area contributed by atoms with E-state index in [4.69, 9.17) is 19.3 Å². The van der Waals surface area contributed by atoms with Crippen LogP contribution in [0.25, 0.3) is 0 Å². The van der Waals surface area contributed by atoms with Crippen molar-refractivity contribution in [2.24, 2.45) is 0 Å². The lowest BCUT2D eigenvalue weighted by atomic mass is 10.1. The third kappa shape index (κ3) is 6.22. The minimum atomic E-state index is -1.03. The molecular weight excluding hydrogens is 374 g/mol. The van der Waals surface area contributed by atoms with Crippen molar-refractivity contribution in [3.8, 4) is 11.5 Å². The Morgan fingerprint density at radius 2 is 1.97 bits per heavy atom. The smallest absolute Gasteiger partial charge is 0.341 e. The minimum Gasteiger partial charge on any atom is -0.491 e. The number of hydrogen-bond donors (Lipinski definition) is 2. The van der Waals surface area contributed by atoms with Gasteiger partial charge in [-0.15, -0.1) is 0 Å². The van der Waals surface area contributed by atoms with Crippen LogP contribution in [0.2, 0.25) is 0 Å². The van der Waals surface area contributed by atoms with Crippen LogP contribution in [0.4, 0.5) is 0 Å². The van der Waals surface area contributed by atoms with E-state index in [0.29, 0.717) is 23.7 Å². The lowest BCUT2D eigenvalue weighted by molar-refractivity contribution is -0.139. The molecule has 29 heavy (non-hydrogen) atoms. The molecule has 0 radical (unpaired) electrons. The summed E-state index contributed by atoms with van der Waals surface area (Å²) in [7, 11) is 0. The van der Waals surface area contributed by atoms with Crippen LogP contribution in [0.3, 0.4) is 0 Å². The van der Waals surface area contributed by atoms with Gasteiger partial charge < -0.3 is 24.6 Å². The van der Waals surface area contributed by atoms with Crippen molar-refractivity contribution >= 4 is 11.9 Å². The van der Waals surface area contributed by atoms with Crippen LogP contribution in [0, 0.1) is 0 Å². The third-order valence-corrected chi connectivity index (χ3v) is 4.65. The van der Waals surface area contributed by atoms with Gasteiger partial charge in [0.05, 0.1) is 12.1 Å². The number of carbonyl (C=O) groups is 2. The van der Waals surface area contributed by atoms with Gasteiger partial charge in [0, 0.05) is 12.2 Å². The molecule has 0 aliphatic carbocycles. The summed E-state index contributed by atoms with van der Waals surface area (Å²) in [6, 6.07) is 13.8. The number of hydrogen-bond acceptors (Lipinski definition) is 5. The van der Waals surface area contributed by atoms with E-state index < -0.39 is 12.6 Å². The molecule has 2 atom stereocenters. The van der Waals surface area contributed by atoms with E-state index in [9.17, 15) is 9.59 Å². The zero-order valence-corrected chi connectivity index (χ0v) is 16.3. The van der Waals surface area contributed by atoms with Gasteiger partial charge >= 0.3 is 5.97 Å². The van der Waals surface area contributed by atoms with Gasteiger partial charge in [0.25, 0.3) is 5.91 Å². The number of carboxylic acids is 1. The zero-order valence-electron chi connectivity index (χ0n) is 16.3. The summed E-state index contributed by atoms with van der Waals surface area (Å²) >= 11 is 0. The Labute approximate surface area is 169 Å². The largest absolute Gasteiger partial charge is 0.491 e. The monoisotopic (exact) mass is 399 g/mol. The van der Waals surface area contributed by atoms with Crippen LogP contribution in [0.5, 0.6) is 11.5 Å². The quantitative estimate of drug-likeness (QED) is 0.673. The summed E-state index contributed by atoms with van der Waals surface area (Å²) in [6.07, 6.45) is 2.17. The highest BCUT2D eigenvalue weighted by molar-refractivity contribution is 5.94. The number of ether oxygens (including phenoxy) is 3. The molecule has 7 nitrogen and oxygen atoms in total. The second-order valence-corrected chi connectivity index (χ2v) is 6.92. The molecule has 2 unspecified atom stereocenters. The molecule has 1 aliphatic rings. The Morgan fingerprint density at radius 3 is 2.66 bits per heavy atom. The molecule has 1 fully saturated rings. The zero-order chi connectivity index (χ0) is 20.6. The first-order valence-corrected chi connectivity index (χ1v) is 9.61. The van der Waals surface area contributed by atoms with E-state index in [1.165, 1.54) is 0 Å². The molecule has 154 valence electrons. The van der Waals surface area contributed by atoms with Gasteiger partial charge in [-0.05, 0) is 55.7 Å². The Kier molecular flexibility index (Phi) is 7.08. The summed E-state index contributed by atoms with van der Waals surface area (Å²) in [4.78, 5) is 23.2. The maximum Gasteiger partial charge on any atom is 0.341 e. The lowest BCUT2D eigenvalue weighted by Crippen LogP contribution is -2.26. The standard InChI is InChI=1S/C22H25NO6/c1-15(16-7-9-18(10-8-16)29-14-21(24)25)23-22(26)17-4-2-5-19(12-17)28-13-20-6-3-11-27-20/h2,4-5,7-10,12,15,20H,3,6,11,13-14H2,1H3,(H,23,26)(H,24,25). The summed E-state index contributed by atoms with van der Waals surface area (Å²) in [5.74, 6) is -0.130. The lowest BCUT2D eigenvalue weighted by Gasteiger charge is -2.16. The Bertz CT molecular complexity index is 829. The molecule has 0 saturated carbocycles. The fraction of sp³-hybridized carbons (Fsp3) is 0.364. The maximum atomic E-state index is 12.6. The van der Waals surface area contributed by atoms with Crippen molar-refractivity contribution in [2.75, 3.05) is 19.8 Å². The van der Waals surface area contributed by atoms with Gasteiger partial charge in [0.2, 0.25) is 0 Å². The second-order valence-electron chi connectivity index (χ2n) is 6.92. The molecule has 2 aromatic carbocycles. The van der Waals surface area contributed by atoms with Crippen LogP contribution >= 0.6 is 0 Å². The first kappa shape index (κ1) is 20.7. The van der Waals surface area contributed by atoms with Crippen LogP contribution in [0.1, 0.15) is 41.7 Å². The normalized spacial score (nSPS) is 16.8. The molecule has 1 heterocycles. The molecule has 7 heteroatoms. The van der Waals surface area contributed by atoms with Crippen molar-refractivity contribution in [1.82, 2.24) is 5.32 Å². The van der Waals surface area contributed by atoms with Crippen molar-refractivity contribution in [3.63, 3.8) is 0 Å². The topological polar surface area (TPSA) is 94.1 Å². The number of nitrogens with one attached hydrogen (secondary N) is 1. The average molecular weight is 399 g/mol. The highest BCUT2D eigenvalue weighted by Gasteiger charge is 2.17. The second kappa shape index (κ2) is 9.93. The molecule has 1 amide bonds. The SMILES string of the molecule is CC(NC(=O)c1cccc(OCC2CCCO2)c1)c1ccc(OCC(=O)O)cc1. The summed E-state index contributed by atoms with van der Waals surface area (Å²) in [6.45, 7) is 2.75. The van der Waals surface area contributed by atoms with Crippen LogP contribution in [0.15, 0.2) is 48.5 Å². The van der Waals surface area contributed by atoms with Gasteiger partial charge in [-0.3, -0.25) is 4.79 Å². The van der Waals surface area contributed by atoms with Crippen molar-refractivity contribution in [3.05, 3.63) is 59.7 Å². The predicted molar refractivity (Wildman–Crippen MR) is 106 cm³/mol. The summed E-state index contributed by atoms with van der Waals surface area (Å²) < 4.78 is 16.4. The molecule has 0 spiro atoms. The molecular formula is C22H25NO6. The number of rotatable bonds is 9. The highest BCUT2D eigenvalue weighted by atomic mass is 16.5. The van der Waals surface area contributed by atoms with Crippen molar-refractivity contribution in [1.29, 1.82) is 0 Å². The average Bonchev–Trinajstić information content (AvgIpc) is 3.25. The fourth-order valence-electron chi connectivity index (χ4n) is 3.05. The molecule has 2 aromatic rings. The van der Waals surface area contributed by atoms with E-state index in [1.54, 1.807) is 42.5 Å². The van der Waals surface area contributed by atoms with E-state index >= 15 is 0 Å². The third-order valence-electron chi connectivity index (χ3n) is 4.65. The van der Waals surface area contributed by atoms with Crippen molar-refractivity contribution in [2.45, 2.75) is 31.9 Å². The van der Waals surface area contributed by atoms with Crippen LogP contribution in [-0.2, 0) is 9.53 Å². The molecule has 0 aromatic heterocycles. The number of benzene rings is 2. The van der Waals surface area contributed by atoms with Crippen LogP contribution in [-0.4, -0.2) is 42.9 Å². The highest BCUT2D eigenvalue weighted by Crippen LogP contribution is 2.20. The Balaban J connectivity index is 1.54. The number of carboxylic acid groups (broad SMARTS) is 1. The predicted octanol–water partition coefficient (Wildman–Crippen LogP) is 3.20. The number of aliphatic carboxylic acids is 1. The van der Waals surface area contributed by atoms with Crippen LogP contribution < -0.4 is 14.8 Å². The molecule has 1 aliphatic heterocycles.